The summed E-state index contributed by atoms with van der Waals surface area (Å²) in [4.78, 5) is 10.1. The van der Waals surface area contributed by atoms with Gasteiger partial charge in [-0.15, -0.1) is 0 Å². The summed E-state index contributed by atoms with van der Waals surface area (Å²) in [6.07, 6.45) is 4.21. The molecule has 0 aromatic carbocycles. The van der Waals surface area contributed by atoms with Gasteiger partial charge in [-0.3, -0.25) is 0 Å². The summed E-state index contributed by atoms with van der Waals surface area (Å²) in [6, 6.07) is 0. The van der Waals surface area contributed by atoms with Crippen molar-refractivity contribution in [3.05, 3.63) is 0 Å². The fourth-order valence-electron chi connectivity index (χ4n) is 0.951. The molecule has 0 heterocycles. The first kappa shape index (κ1) is 7.38. The Labute approximate surface area is 60.5 Å². The van der Waals surface area contributed by atoms with E-state index in [4.69, 9.17) is 5.73 Å². The van der Waals surface area contributed by atoms with E-state index >= 15 is 0 Å². The highest BCUT2D eigenvalue weighted by Crippen LogP contribution is 2.33. The van der Waals surface area contributed by atoms with Crippen LogP contribution in [0.4, 0.5) is 4.79 Å². The van der Waals surface area contributed by atoms with Crippen LogP contribution in [-0.2, 0) is 4.74 Å². The lowest BCUT2D eigenvalue weighted by atomic mass is 10.2. The third-order valence-corrected chi connectivity index (χ3v) is 1.70. The third kappa shape index (κ3) is 3.33. The summed E-state index contributed by atoms with van der Waals surface area (Å²) in [7, 11) is 0. The molecule has 3 nitrogen and oxygen atoms in total. The van der Waals surface area contributed by atoms with Gasteiger partial charge in [-0.1, -0.05) is 12.8 Å². The molecule has 2 N–H and O–H groups in total. The van der Waals surface area contributed by atoms with Crippen molar-refractivity contribution >= 4 is 6.09 Å². The molecule has 0 radical (unpaired) electrons. The minimum Gasteiger partial charge on any atom is -0.450 e. The van der Waals surface area contributed by atoms with E-state index in [1.165, 1.54) is 19.3 Å². The molecule has 0 spiro atoms. The zero-order valence-electron chi connectivity index (χ0n) is 6.01. The Hall–Kier alpha value is -0.730. The highest BCUT2D eigenvalue weighted by molar-refractivity contribution is 5.64. The number of carbonyl (C=O) groups is 1. The van der Waals surface area contributed by atoms with Crippen molar-refractivity contribution in [2.45, 2.75) is 25.7 Å². The van der Waals surface area contributed by atoms with Crippen LogP contribution in [0.15, 0.2) is 0 Å². The summed E-state index contributed by atoms with van der Waals surface area (Å²) in [6.45, 7) is 0.492. The maximum absolute atomic E-state index is 10.1. The van der Waals surface area contributed by atoms with E-state index in [0.717, 1.165) is 12.3 Å². The Morgan fingerprint density at radius 2 is 2.30 bits per heavy atom. The second kappa shape index (κ2) is 3.44. The van der Waals surface area contributed by atoms with Crippen LogP contribution in [0.3, 0.4) is 0 Å². The van der Waals surface area contributed by atoms with E-state index in [9.17, 15) is 4.79 Å². The van der Waals surface area contributed by atoms with Crippen molar-refractivity contribution < 1.29 is 9.53 Å². The number of carbonyl (C=O) groups excluding carboxylic acids is 1. The fraction of sp³-hybridized carbons (Fsp3) is 0.857. The van der Waals surface area contributed by atoms with E-state index in [0.29, 0.717) is 6.61 Å². The molecular weight excluding hydrogens is 130 g/mol. The summed E-state index contributed by atoms with van der Waals surface area (Å²) < 4.78 is 4.56. The molecular formula is C7H13NO2. The van der Waals surface area contributed by atoms with Gasteiger partial charge in [0, 0.05) is 0 Å². The van der Waals surface area contributed by atoms with E-state index in [1.54, 1.807) is 0 Å². The smallest absolute Gasteiger partial charge is 0.404 e. The van der Waals surface area contributed by atoms with Crippen LogP contribution in [0.2, 0.25) is 0 Å². The lowest BCUT2D eigenvalue weighted by Gasteiger charge is -1.98. The number of primary amides is 1. The molecule has 0 aromatic heterocycles. The zero-order valence-corrected chi connectivity index (χ0v) is 6.01. The molecule has 3 heteroatoms. The monoisotopic (exact) mass is 143 g/mol. The van der Waals surface area contributed by atoms with Gasteiger partial charge >= 0.3 is 6.09 Å². The normalized spacial score (nSPS) is 16.8. The Bertz CT molecular complexity index is 121. The van der Waals surface area contributed by atoms with Crippen molar-refractivity contribution in [2.75, 3.05) is 6.61 Å². The molecule has 0 bridgehead atoms. The lowest BCUT2D eigenvalue weighted by molar-refractivity contribution is 0.154. The molecule has 1 aliphatic rings. The van der Waals surface area contributed by atoms with Crippen molar-refractivity contribution in [3.63, 3.8) is 0 Å². The largest absolute Gasteiger partial charge is 0.450 e. The van der Waals surface area contributed by atoms with Gasteiger partial charge in [-0.2, -0.15) is 0 Å². The first-order valence-corrected chi connectivity index (χ1v) is 3.71. The van der Waals surface area contributed by atoms with E-state index < -0.39 is 6.09 Å². The van der Waals surface area contributed by atoms with Crippen molar-refractivity contribution in [1.29, 1.82) is 0 Å². The molecule has 1 fully saturated rings. The molecule has 1 saturated carbocycles. The predicted molar refractivity (Wildman–Crippen MR) is 37.5 cm³/mol. The van der Waals surface area contributed by atoms with Crippen LogP contribution < -0.4 is 5.73 Å². The van der Waals surface area contributed by atoms with Crippen LogP contribution in [0.25, 0.3) is 0 Å². The van der Waals surface area contributed by atoms with Crippen LogP contribution >= 0.6 is 0 Å². The van der Waals surface area contributed by atoms with Gasteiger partial charge < -0.3 is 10.5 Å². The van der Waals surface area contributed by atoms with Gasteiger partial charge in [0.05, 0.1) is 6.61 Å². The van der Waals surface area contributed by atoms with Gasteiger partial charge in [0.1, 0.15) is 0 Å². The fourth-order valence-corrected chi connectivity index (χ4v) is 0.951. The molecule has 1 aliphatic carbocycles. The highest BCUT2D eigenvalue weighted by atomic mass is 16.5. The first-order valence-electron chi connectivity index (χ1n) is 3.71. The number of hydrogen-bond acceptors (Lipinski definition) is 2. The van der Waals surface area contributed by atoms with E-state index in [-0.39, 0.29) is 0 Å². The molecule has 58 valence electrons. The van der Waals surface area contributed by atoms with Crippen molar-refractivity contribution in [3.8, 4) is 0 Å². The number of nitrogens with two attached hydrogens (primary N) is 1. The van der Waals surface area contributed by atoms with Gasteiger partial charge in [-0.05, 0) is 18.8 Å². The number of amides is 1. The molecule has 0 aromatic rings. The topological polar surface area (TPSA) is 52.3 Å². The summed E-state index contributed by atoms with van der Waals surface area (Å²) in [5, 5.41) is 0. The highest BCUT2D eigenvalue weighted by Gasteiger charge is 2.20. The number of ether oxygens (including phenoxy) is 1. The Morgan fingerprint density at radius 1 is 1.60 bits per heavy atom. The Kier molecular flexibility index (Phi) is 2.54. The lowest BCUT2D eigenvalue weighted by Crippen LogP contribution is -2.13. The maximum atomic E-state index is 10.1. The second-order valence-electron chi connectivity index (χ2n) is 2.75. The molecule has 0 atom stereocenters. The van der Waals surface area contributed by atoms with E-state index in [1.807, 2.05) is 0 Å². The number of hydrogen-bond donors (Lipinski definition) is 1. The summed E-state index contributed by atoms with van der Waals surface area (Å²) >= 11 is 0. The SMILES string of the molecule is NC(=O)OCCCC1CC1. The summed E-state index contributed by atoms with van der Waals surface area (Å²) in [5.74, 6) is 0.913. The van der Waals surface area contributed by atoms with Gasteiger partial charge in [0.15, 0.2) is 0 Å². The molecule has 10 heavy (non-hydrogen) atoms. The molecule has 0 saturated heterocycles. The molecule has 0 unspecified atom stereocenters. The van der Waals surface area contributed by atoms with Crippen LogP contribution in [-0.4, -0.2) is 12.7 Å². The van der Waals surface area contributed by atoms with Gasteiger partial charge in [-0.25, -0.2) is 4.79 Å². The van der Waals surface area contributed by atoms with Gasteiger partial charge in [0.25, 0.3) is 0 Å². The second-order valence-corrected chi connectivity index (χ2v) is 2.75. The maximum Gasteiger partial charge on any atom is 0.404 e. The molecule has 1 amide bonds. The Balaban J connectivity index is 1.80. The van der Waals surface area contributed by atoms with Crippen molar-refractivity contribution in [1.82, 2.24) is 0 Å². The van der Waals surface area contributed by atoms with Crippen LogP contribution in [0, 0.1) is 5.92 Å². The third-order valence-electron chi connectivity index (χ3n) is 1.70. The quantitative estimate of drug-likeness (QED) is 0.602. The van der Waals surface area contributed by atoms with Gasteiger partial charge in [0.2, 0.25) is 0 Å². The van der Waals surface area contributed by atoms with Crippen LogP contribution in [0.5, 0.6) is 0 Å². The number of rotatable bonds is 4. The van der Waals surface area contributed by atoms with Crippen LogP contribution in [0.1, 0.15) is 25.7 Å². The average molecular weight is 143 g/mol. The predicted octanol–water partition coefficient (Wildman–Crippen LogP) is 1.27. The van der Waals surface area contributed by atoms with E-state index in [2.05, 4.69) is 4.74 Å². The first-order chi connectivity index (χ1) is 4.79. The molecule has 0 aliphatic heterocycles. The average Bonchev–Trinajstić information content (AvgIpc) is 2.62. The summed E-state index contributed by atoms with van der Waals surface area (Å²) in [5.41, 5.74) is 4.76. The Morgan fingerprint density at radius 3 is 2.80 bits per heavy atom. The minimum absolute atomic E-state index is 0.492. The minimum atomic E-state index is -0.657. The van der Waals surface area contributed by atoms with Crippen molar-refractivity contribution in [2.24, 2.45) is 11.7 Å². The molecule has 1 rings (SSSR count). The standard InChI is InChI=1S/C7H13NO2/c8-7(9)10-5-1-2-6-3-4-6/h6H,1-5H2,(H2,8,9). The zero-order chi connectivity index (χ0) is 7.40.